The van der Waals surface area contributed by atoms with E-state index in [1.165, 1.54) is 22.5 Å². The monoisotopic (exact) mass is 273 g/mol. The molecule has 19 heavy (non-hydrogen) atoms. The molecule has 1 aromatic heterocycles. The quantitative estimate of drug-likeness (QED) is 0.747. The number of hydrogen-bond donors (Lipinski definition) is 0. The Balaban J connectivity index is 2.51. The van der Waals surface area contributed by atoms with E-state index in [1.54, 1.807) is 6.92 Å². The Bertz CT molecular complexity index is 620. The lowest BCUT2D eigenvalue weighted by molar-refractivity contribution is 0.101. The second-order valence-electron chi connectivity index (χ2n) is 5.87. The van der Waals surface area contributed by atoms with Crippen molar-refractivity contribution in [3.8, 4) is 11.3 Å². The minimum Gasteiger partial charge on any atom is -0.292 e. The summed E-state index contributed by atoms with van der Waals surface area (Å²) in [5.74, 6) is 0.0286. The van der Waals surface area contributed by atoms with Crippen molar-refractivity contribution in [2.45, 2.75) is 40.0 Å². The number of nitrogens with zero attached hydrogens (tertiary/aromatic N) is 1. The predicted octanol–water partition coefficient (Wildman–Crippen LogP) is 4.62. The summed E-state index contributed by atoms with van der Waals surface area (Å²) in [6.45, 7) is 10.2. The number of aryl methyl sites for hydroxylation is 1. The van der Waals surface area contributed by atoms with Crippen LogP contribution in [-0.2, 0) is 5.41 Å². The standard InChI is InChI=1S/C16H19NOS/c1-10-6-7-12(16(3,4)5)8-13(10)14-9-19-15(17-14)11(2)18/h6-9H,1-5H3. The normalized spacial score (nSPS) is 11.6. The largest absolute Gasteiger partial charge is 0.292 e. The molecule has 0 unspecified atom stereocenters. The fraction of sp³-hybridized carbons (Fsp3) is 0.375. The molecule has 0 spiro atoms. The zero-order valence-electron chi connectivity index (χ0n) is 12.1. The number of carbonyl (C=O) groups is 1. The second-order valence-corrected chi connectivity index (χ2v) is 6.73. The Labute approximate surface area is 118 Å². The minimum absolute atomic E-state index is 0.0286. The summed E-state index contributed by atoms with van der Waals surface area (Å²) < 4.78 is 0. The van der Waals surface area contributed by atoms with E-state index in [-0.39, 0.29) is 11.2 Å². The van der Waals surface area contributed by atoms with Crippen LogP contribution in [0.3, 0.4) is 0 Å². The number of carbonyl (C=O) groups excluding carboxylic acids is 1. The first-order valence-corrected chi connectivity index (χ1v) is 7.25. The minimum atomic E-state index is 0.0286. The maximum Gasteiger partial charge on any atom is 0.188 e. The number of ketones is 1. The van der Waals surface area contributed by atoms with Crippen LogP contribution in [0.2, 0.25) is 0 Å². The molecule has 1 aromatic carbocycles. The van der Waals surface area contributed by atoms with Crippen molar-refractivity contribution in [3.63, 3.8) is 0 Å². The highest BCUT2D eigenvalue weighted by Gasteiger charge is 2.16. The summed E-state index contributed by atoms with van der Waals surface area (Å²) in [4.78, 5) is 15.8. The van der Waals surface area contributed by atoms with E-state index in [1.807, 2.05) is 5.38 Å². The van der Waals surface area contributed by atoms with Gasteiger partial charge in [0.2, 0.25) is 0 Å². The number of aromatic nitrogens is 1. The van der Waals surface area contributed by atoms with Crippen molar-refractivity contribution in [2.24, 2.45) is 0 Å². The van der Waals surface area contributed by atoms with Crippen molar-refractivity contribution >= 4 is 17.1 Å². The summed E-state index contributed by atoms with van der Waals surface area (Å²) in [5, 5.41) is 2.54. The Morgan fingerprint density at radius 3 is 2.47 bits per heavy atom. The Kier molecular flexibility index (Phi) is 3.59. The highest BCUT2D eigenvalue weighted by molar-refractivity contribution is 7.12. The first kappa shape index (κ1) is 13.9. The van der Waals surface area contributed by atoms with E-state index in [0.29, 0.717) is 5.01 Å². The summed E-state index contributed by atoms with van der Waals surface area (Å²) in [5.41, 5.74) is 4.61. The molecule has 0 atom stereocenters. The van der Waals surface area contributed by atoms with Crippen LogP contribution in [0.5, 0.6) is 0 Å². The van der Waals surface area contributed by atoms with Gasteiger partial charge in [-0.05, 0) is 29.5 Å². The molecule has 3 heteroatoms. The topological polar surface area (TPSA) is 30.0 Å². The molecule has 100 valence electrons. The Morgan fingerprint density at radius 2 is 1.95 bits per heavy atom. The van der Waals surface area contributed by atoms with E-state index in [2.05, 4.69) is 50.9 Å². The zero-order valence-corrected chi connectivity index (χ0v) is 12.9. The molecule has 0 radical (unpaired) electrons. The van der Waals surface area contributed by atoms with Gasteiger partial charge in [0.05, 0.1) is 5.69 Å². The van der Waals surface area contributed by atoms with Crippen LogP contribution >= 0.6 is 11.3 Å². The molecule has 2 rings (SSSR count). The molecule has 0 bridgehead atoms. The lowest BCUT2D eigenvalue weighted by atomic mass is 9.85. The molecule has 0 N–H and O–H groups in total. The first-order valence-electron chi connectivity index (χ1n) is 6.37. The molecular formula is C16H19NOS. The van der Waals surface area contributed by atoms with Crippen molar-refractivity contribution < 1.29 is 4.79 Å². The van der Waals surface area contributed by atoms with E-state index in [9.17, 15) is 4.79 Å². The van der Waals surface area contributed by atoms with Crippen molar-refractivity contribution in [1.29, 1.82) is 0 Å². The Hall–Kier alpha value is -1.48. The second kappa shape index (κ2) is 4.89. The van der Waals surface area contributed by atoms with Gasteiger partial charge in [0.1, 0.15) is 0 Å². The third-order valence-electron chi connectivity index (χ3n) is 3.18. The van der Waals surface area contributed by atoms with E-state index < -0.39 is 0 Å². The molecule has 1 heterocycles. The summed E-state index contributed by atoms with van der Waals surface area (Å²) in [6, 6.07) is 6.48. The van der Waals surface area contributed by atoms with E-state index >= 15 is 0 Å². The highest BCUT2D eigenvalue weighted by Crippen LogP contribution is 2.30. The summed E-state index contributed by atoms with van der Waals surface area (Å²) in [7, 11) is 0. The van der Waals surface area contributed by atoms with Crippen molar-refractivity contribution in [1.82, 2.24) is 4.98 Å². The van der Waals surface area contributed by atoms with E-state index in [4.69, 9.17) is 0 Å². The molecule has 0 fully saturated rings. The van der Waals surface area contributed by atoms with Crippen molar-refractivity contribution in [3.05, 3.63) is 39.7 Å². The number of rotatable bonds is 2. The SMILES string of the molecule is CC(=O)c1nc(-c2cc(C(C)(C)C)ccc2C)cs1. The lowest BCUT2D eigenvalue weighted by Crippen LogP contribution is -2.11. The van der Waals surface area contributed by atoms with Gasteiger partial charge in [-0.1, -0.05) is 32.9 Å². The van der Waals surface area contributed by atoms with Gasteiger partial charge in [-0.25, -0.2) is 4.98 Å². The van der Waals surface area contributed by atoms with Gasteiger partial charge in [-0.2, -0.15) is 0 Å². The number of thiazole rings is 1. The van der Waals surface area contributed by atoms with Crippen LogP contribution in [0.25, 0.3) is 11.3 Å². The highest BCUT2D eigenvalue weighted by atomic mass is 32.1. The van der Waals surface area contributed by atoms with Crippen LogP contribution in [-0.4, -0.2) is 10.8 Å². The average molecular weight is 273 g/mol. The molecule has 0 saturated carbocycles. The van der Waals surface area contributed by atoms with Crippen LogP contribution in [0, 0.1) is 6.92 Å². The molecule has 0 aliphatic rings. The molecule has 2 aromatic rings. The Morgan fingerprint density at radius 1 is 1.26 bits per heavy atom. The molecule has 0 amide bonds. The van der Waals surface area contributed by atoms with E-state index in [0.717, 1.165) is 11.3 Å². The van der Waals surface area contributed by atoms with Gasteiger partial charge in [-0.15, -0.1) is 11.3 Å². The fourth-order valence-corrected chi connectivity index (χ4v) is 2.64. The number of hydrogen-bond acceptors (Lipinski definition) is 3. The maximum atomic E-state index is 11.3. The van der Waals surface area contributed by atoms with Gasteiger partial charge in [0, 0.05) is 17.9 Å². The summed E-state index contributed by atoms with van der Waals surface area (Å²) in [6.07, 6.45) is 0. The molecular weight excluding hydrogens is 254 g/mol. The fourth-order valence-electron chi connectivity index (χ4n) is 1.92. The van der Waals surface area contributed by atoms with Gasteiger partial charge in [-0.3, -0.25) is 4.79 Å². The lowest BCUT2D eigenvalue weighted by Gasteiger charge is -2.20. The average Bonchev–Trinajstić information content (AvgIpc) is 2.77. The first-order chi connectivity index (χ1) is 8.79. The predicted molar refractivity (Wildman–Crippen MR) is 81.0 cm³/mol. The van der Waals surface area contributed by atoms with Crippen molar-refractivity contribution in [2.75, 3.05) is 0 Å². The van der Waals surface area contributed by atoms with Gasteiger partial charge in [0.25, 0.3) is 0 Å². The molecule has 0 aliphatic carbocycles. The van der Waals surface area contributed by atoms with Gasteiger partial charge < -0.3 is 0 Å². The van der Waals surface area contributed by atoms with Crippen LogP contribution in [0.15, 0.2) is 23.6 Å². The third kappa shape index (κ3) is 2.92. The third-order valence-corrected chi connectivity index (χ3v) is 4.13. The smallest absolute Gasteiger partial charge is 0.188 e. The maximum absolute atomic E-state index is 11.3. The molecule has 0 aliphatic heterocycles. The molecule has 0 saturated heterocycles. The number of Topliss-reactive ketones (excluding diaryl/α,β-unsaturated/α-hetero) is 1. The molecule has 2 nitrogen and oxygen atoms in total. The summed E-state index contributed by atoms with van der Waals surface area (Å²) >= 11 is 1.41. The van der Waals surface area contributed by atoms with Crippen LogP contribution in [0.1, 0.15) is 48.6 Å². The van der Waals surface area contributed by atoms with Gasteiger partial charge >= 0.3 is 0 Å². The van der Waals surface area contributed by atoms with Crippen LogP contribution in [0.4, 0.5) is 0 Å². The van der Waals surface area contributed by atoms with Crippen LogP contribution < -0.4 is 0 Å². The zero-order chi connectivity index (χ0) is 14.2. The number of benzene rings is 1. The van der Waals surface area contributed by atoms with Gasteiger partial charge in [0.15, 0.2) is 10.8 Å².